The topological polar surface area (TPSA) is 67.9 Å². The monoisotopic (exact) mass is 282 g/mol. The van der Waals surface area contributed by atoms with Crippen LogP contribution in [0.15, 0.2) is 0 Å². The first-order chi connectivity index (χ1) is 8.58. The van der Waals surface area contributed by atoms with E-state index in [0.717, 1.165) is 6.54 Å². The fourth-order valence-electron chi connectivity index (χ4n) is 1.48. The average Bonchev–Trinajstić information content (AvgIpc) is 2.33. The van der Waals surface area contributed by atoms with Crippen LogP contribution in [0.1, 0.15) is 13.3 Å². The molecule has 6 nitrogen and oxygen atoms in total. The summed E-state index contributed by atoms with van der Waals surface area (Å²) in [6.07, 6.45) is 0.695. The summed E-state index contributed by atoms with van der Waals surface area (Å²) in [4.78, 5) is 0. The van der Waals surface area contributed by atoms with E-state index < -0.39 is 10.0 Å². The van der Waals surface area contributed by atoms with E-state index in [1.54, 1.807) is 14.2 Å². The molecule has 0 aliphatic rings. The predicted octanol–water partition coefficient (Wildman–Crippen LogP) is -0.0894. The van der Waals surface area contributed by atoms with Crippen LogP contribution in [-0.4, -0.2) is 72.1 Å². The molecule has 0 rings (SSSR count). The van der Waals surface area contributed by atoms with E-state index in [2.05, 4.69) is 5.32 Å². The average molecular weight is 282 g/mol. The SMILES string of the molecule is CCNCCS(=O)(=O)N(CCCOC)CCOC. The van der Waals surface area contributed by atoms with E-state index >= 15 is 0 Å². The van der Waals surface area contributed by atoms with Crippen molar-refractivity contribution < 1.29 is 17.9 Å². The van der Waals surface area contributed by atoms with Crippen molar-refractivity contribution in [2.75, 3.05) is 59.4 Å². The molecule has 7 heteroatoms. The van der Waals surface area contributed by atoms with Crippen LogP contribution in [0.3, 0.4) is 0 Å². The van der Waals surface area contributed by atoms with Crippen LogP contribution in [-0.2, 0) is 19.5 Å². The second kappa shape index (κ2) is 10.7. The molecule has 0 bridgehead atoms. The van der Waals surface area contributed by atoms with Crippen molar-refractivity contribution in [3.05, 3.63) is 0 Å². The van der Waals surface area contributed by atoms with Gasteiger partial charge in [-0.15, -0.1) is 0 Å². The van der Waals surface area contributed by atoms with E-state index in [1.165, 1.54) is 4.31 Å². The zero-order chi connectivity index (χ0) is 13.9. The Morgan fingerprint density at radius 2 is 1.78 bits per heavy atom. The minimum atomic E-state index is -3.21. The largest absolute Gasteiger partial charge is 0.385 e. The molecule has 0 heterocycles. The Bertz CT molecular complexity index is 283. The quantitative estimate of drug-likeness (QED) is 0.507. The summed E-state index contributed by atoms with van der Waals surface area (Å²) < 4.78 is 35.6. The molecule has 0 saturated carbocycles. The first-order valence-corrected chi connectivity index (χ1v) is 7.85. The first kappa shape index (κ1) is 17.8. The highest BCUT2D eigenvalue weighted by Gasteiger charge is 2.20. The highest BCUT2D eigenvalue weighted by atomic mass is 32.2. The minimum Gasteiger partial charge on any atom is -0.385 e. The van der Waals surface area contributed by atoms with Crippen LogP contribution in [0.4, 0.5) is 0 Å². The van der Waals surface area contributed by atoms with E-state index in [-0.39, 0.29) is 5.75 Å². The van der Waals surface area contributed by atoms with Gasteiger partial charge in [-0.2, -0.15) is 4.31 Å². The predicted molar refractivity (Wildman–Crippen MR) is 72.3 cm³/mol. The molecule has 0 fully saturated rings. The molecule has 0 aromatic rings. The van der Waals surface area contributed by atoms with Crippen LogP contribution in [0.25, 0.3) is 0 Å². The fraction of sp³-hybridized carbons (Fsp3) is 1.00. The molecule has 1 N–H and O–H groups in total. The standard InChI is InChI=1S/C11H26N2O4S/c1-4-12-6-11-18(14,15)13(8-10-17-3)7-5-9-16-2/h12H,4-11H2,1-3H3. The first-order valence-electron chi connectivity index (χ1n) is 6.25. The molecular formula is C11H26N2O4S. The summed E-state index contributed by atoms with van der Waals surface area (Å²) in [5.74, 6) is 0.123. The molecule has 110 valence electrons. The summed E-state index contributed by atoms with van der Waals surface area (Å²) in [5, 5.41) is 3.02. The Kier molecular flexibility index (Phi) is 10.6. The Morgan fingerprint density at radius 3 is 2.33 bits per heavy atom. The number of ether oxygens (including phenoxy) is 2. The third-order valence-corrected chi connectivity index (χ3v) is 4.35. The van der Waals surface area contributed by atoms with Gasteiger partial charge in [-0.3, -0.25) is 0 Å². The van der Waals surface area contributed by atoms with Gasteiger partial charge >= 0.3 is 0 Å². The Balaban J connectivity index is 4.30. The lowest BCUT2D eigenvalue weighted by Gasteiger charge is -2.21. The van der Waals surface area contributed by atoms with Crippen molar-refractivity contribution in [3.8, 4) is 0 Å². The molecular weight excluding hydrogens is 256 g/mol. The summed E-state index contributed by atoms with van der Waals surface area (Å²) >= 11 is 0. The smallest absolute Gasteiger partial charge is 0.215 e. The lowest BCUT2D eigenvalue weighted by Crippen LogP contribution is -2.39. The van der Waals surface area contributed by atoms with Crippen LogP contribution in [0.2, 0.25) is 0 Å². The van der Waals surface area contributed by atoms with Gasteiger partial charge in [0.05, 0.1) is 12.4 Å². The lowest BCUT2D eigenvalue weighted by atomic mass is 10.4. The normalized spacial score (nSPS) is 12.2. The zero-order valence-electron chi connectivity index (χ0n) is 11.6. The molecule has 0 unspecified atom stereocenters. The molecule has 0 aliphatic carbocycles. The molecule has 0 radical (unpaired) electrons. The lowest BCUT2D eigenvalue weighted by molar-refractivity contribution is 0.164. The van der Waals surface area contributed by atoms with Gasteiger partial charge in [0.2, 0.25) is 10.0 Å². The maximum absolute atomic E-state index is 12.1. The van der Waals surface area contributed by atoms with Gasteiger partial charge in [0.1, 0.15) is 0 Å². The van der Waals surface area contributed by atoms with Gasteiger partial charge in [-0.05, 0) is 13.0 Å². The number of methoxy groups -OCH3 is 2. The van der Waals surface area contributed by atoms with E-state index in [0.29, 0.717) is 39.3 Å². The van der Waals surface area contributed by atoms with Crippen molar-refractivity contribution in [2.45, 2.75) is 13.3 Å². The van der Waals surface area contributed by atoms with Gasteiger partial charge in [0, 0.05) is 40.5 Å². The number of hydrogen-bond donors (Lipinski definition) is 1. The van der Waals surface area contributed by atoms with E-state index in [9.17, 15) is 8.42 Å². The van der Waals surface area contributed by atoms with Crippen molar-refractivity contribution in [1.82, 2.24) is 9.62 Å². The third-order valence-electron chi connectivity index (χ3n) is 2.48. The zero-order valence-corrected chi connectivity index (χ0v) is 12.5. The van der Waals surface area contributed by atoms with Crippen molar-refractivity contribution in [2.24, 2.45) is 0 Å². The van der Waals surface area contributed by atoms with Gasteiger partial charge in [-0.1, -0.05) is 6.92 Å². The summed E-state index contributed by atoms with van der Waals surface area (Å²) in [6, 6.07) is 0. The van der Waals surface area contributed by atoms with E-state index in [4.69, 9.17) is 9.47 Å². The molecule has 0 atom stereocenters. The van der Waals surface area contributed by atoms with Crippen molar-refractivity contribution in [1.29, 1.82) is 0 Å². The summed E-state index contributed by atoms with van der Waals surface area (Å²) in [5.41, 5.74) is 0. The van der Waals surface area contributed by atoms with Crippen LogP contribution in [0, 0.1) is 0 Å². The molecule has 0 spiro atoms. The molecule has 0 aliphatic heterocycles. The number of rotatable bonds is 12. The molecule has 0 amide bonds. The van der Waals surface area contributed by atoms with Crippen molar-refractivity contribution in [3.63, 3.8) is 0 Å². The second-order valence-corrected chi connectivity index (χ2v) is 6.00. The third kappa shape index (κ3) is 7.99. The van der Waals surface area contributed by atoms with Gasteiger partial charge in [0.25, 0.3) is 0 Å². The molecule has 0 saturated heterocycles. The maximum atomic E-state index is 12.1. The van der Waals surface area contributed by atoms with Crippen LogP contribution < -0.4 is 5.32 Å². The Hall–Kier alpha value is -0.210. The maximum Gasteiger partial charge on any atom is 0.215 e. The number of nitrogens with one attached hydrogen (secondary N) is 1. The number of hydrogen-bond acceptors (Lipinski definition) is 5. The number of sulfonamides is 1. The van der Waals surface area contributed by atoms with Crippen molar-refractivity contribution >= 4 is 10.0 Å². The Labute approximate surface area is 111 Å². The van der Waals surface area contributed by atoms with Crippen LogP contribution >= 0.6 is 0 Å². The Morgan fingerprint density at radius 1 is 1.11 bits per heavy atom. The minimum absolute atomic E-state index is 0.123. The van der Waals surface area contributed by atoms with Crippen LogP contribution in [0.5, 0.6) is 0 Å². The van der Waals surface area contributed by atoms with E-state index in [1.807, 2.05) is 6.92 Å². The molecule has 0 aromatic heterocycles. The summed E-state index contributed by atoms with van der Waals surface area (Å²) in [6.45, 7) is 5.05. The second-order valence-electron chi connectivity index (χ2n) is 3.91. The van der Waals surface area contributed by atoms with Gasteiger partial charge < -0.3 is 14.8 Å². The molecule has 0 aromatic carbocycles. The highest BCUT2D eigenvalue weighted by molar-refractivity contribution is 7.89. The fourth-order valence-corrected chi connectivity index (χ4v) is 2.90. The van der Waals surface area contributed by atoms with Gasteiger partial charge in [0.15, 0.2) is 0 Å². The number of nitrogens with zero attached hydrogens (tertiary/aromatic N) is 1. The summed E-state index contributed by atoms with van der Waals surface area (Å²) in [7, 11) is -0.0337. The molecule has 18 heavy (non-hydrogen) atoms. The highest BCUT2D eigenvalue weighted by Crippen LogP contribution is 2.03. The van der Waals surface area contributed by atoms with Gasteiger partial charge in [-0.25, -0.2) is 8.42 Å².